The molecule has 0 spiro atoms. The van der Waals surface area contributed by atoms with Gasteiger partial charge >= 0.3 is 0 Å². The molecule has 0 fully saturated rings. The zero-order valence-corrected chi connectivity index (χ0v) is 18.2. The van der Waals surface area contributed by atoms with Gasteiger partial charge in [0.25, 0.3) is 0 Å². The lowest BCUT2D eigenvalue weighted by Crippen LogP contribution is -2.08. The summed E-state index contributed by atoms with van der Waals surface area (Å²) >= 11 is 0. The van der Waals surface area contributed by atoms with Crippen LogP contribution in [-0.2, 0) is 6.42 Å². The van der Waals surface area contributed by atoms with Gasteiger partial charge in [-0.05, 0) is 73.3 Å². The Hall–Kier alpha value is -1.46. The molecule has 0 saturated carbocycles. The zero-order valence-electron chi connectivity index (χ0n) is 18.2. The molecular formula is C24H42O. The zero-order chi connectivity index (χ0) is 19.9. The van der Waals surface area contributed by atoms with E-state index in [9.17, 15) is 0 Å². The molecule has 1 heteroatoms. The van der Waals surface area contributed by atoms with E-state index in [2.05, 4.69) is 60.3 Å². The van der Waals surface area contributed by atoms with Crippen molar-refractivity contribution < 1.29 is 5.11 Å². The molecule has 0 heterocycles. The predicted octanol–water partition coefficient (Wildman–Crippen LogP) is 7.94. The van der Waals surface area contributed by atoms with E-state index in [1.54, 1.807) is 12.1 Å². The van der Waals surface area contributed by atoms with E-state index in [-0.39, 0.29) is 0 Å². The van der Waals surface area contributed by atoms with Crippen LogP contribution < -0.4 is 0 Å². The highest BCUT2D eigenvalue weighted by atomic mass is 16.3. The third-order valence-electron chi connectivity index (χ3n) is 3.52. The molecule has 25 heavy (non-hydrogen) atoms. The number of rotatable bonds is 1. The largest absolute Gasteiger partial charge is 0.508 e. The van der Waals surface area contributed by atoms with Crippen molar-refractivity contribution in [3.63, 3.8) is 0 Å². The number of benzene rings is 1. The SMILES string of the molecule is CC.CC(C)C.CC1=C=CCC(C)(C)CC1.CCc1ccc(O)cc1. The molecule has 1 aliphatic rings. The summed E-state index contributed by atoms with van der Waals surface area (Å²) in [5.74, 6) is 1.17. The molecule has 0 unspecified atom stereocenters. The summed E-state index contributed by atoms with van der Waals surface area (Å²) in [6, 6.07) is 7.27. The lowest BCUT2D eigenvalue weighted by molar-refractivity contribution is 0.343. The van der Waals surface area contributed by atoms with Crippen LogP contribution in [0.15, 0.2) is 41.6 Å². The Morgan fingerprint density at radius 2 is 1.56 bits per heavy atom. The lowest BCUT2D eigenvalue weighted by atomic mass is 9.85. The molecule has 0 bridgehead atoms. The Bertz CT molecular complexity index is 483. The first-order valence-electron chi connectivity index (χ1n) is 9.85. The number of aryl methyl sites for hydroxylation is 1. The molecule has 144 valence electrons. The van der Waals surface area contributed by atoms with Crippen LogP contribution in [-0.4, -0.2) is 5.11 Å². The van der Waals surface area contributed by atoms with Gasteiger partial charge in [0.15, 0.2) is 0 Å². The molecule has 1 aromatic rings. The van der Waals surface area contributed by atoms with Gasteiger partial charge < -0.3 is 5.11 Å². The first kappa shape index (κ1) is 25.8. The van der Waals surface area contributed by atoms with Gasteiger partial charge in [-0.3, -0.25) is 0 Å². The fraction of sp³-hybridized carbons (Fsp3) is 0.625. The molecular weight excluding hydrogens is 304 g/mol. The van der Waals surface area contributed by atoms with Gasteiger partial charge in [0.05, 0.1) is 0 Å². The minimum absolute atomic E-state index is 0.340. The molecule has 0 atom stereocenters. The lowest BCUT2D eigenvalue weighted by Gasteiger charge is -2.20. The average molecular weight is 347 g/mol. The van der Waals surface area contributed by atoms with E-state index in [1.165, 1.54) is 30.4 Å². The van der Waals surface area contributed by atoms with Crippen molar-refractivity contribution in [1.82, 2.24) is 0 Å². The summed E-state index contributed by atoms with van der Waals surface area (Å²) in [6.07, 6.45) is 6.93. The monoisotopic (exact) mass is 346 g/mol. The normalized spacial score (nSPS) is 14.6. The number of phenols is 1. The van der Waals surface area contributed by atoms with E-state index < -0.39 is 0 Å². The van der Waals surface area contributed by atoms with Crippen LogP contribution in [0.3, 0.4) is 0 Å². The third kappa shape index (κ3) is 17.2. The van der Waals surface area contributed by atoms with Gasteiger partial charge in [0, 0.05) is 0 Å². The Morgan fingerprint density at radius 1 is 1.08 bits per heavy atom. The molecule has 2 rings (SSSR count). The van der Waals surface area contributed by atoms with Crippen molar-refractivity contribution in [3.8, 4) is 5.75 Å². The minimum atomic E-state index is 0.340. The molecule has 0 aliphatic heterocycles. The van der Waals surface area contributed by atoms with Crippen LogP contribution in [0.4, 0.5) is 0 Å². The Balaban J connectivity index is 0. The van der Waals surface area contributed by atoms with Crippen LogP contribution in [0.5, 0.6) is 5.75 Å². The smallest absolute Gasteiger partial charge is 0.115 e. The van der Waals surface area contributed by atoms with Crippen LogP contribution in [0, 0.1) is 11.3 Å². The van der Waals surface area contributed by atoms with Crippen LogP contribution in [0.25, 0.3) is 0 Å². The average Bonchev–Trinajstić information content (AvgIpc) is 2.71. The fourth-order valence-electron chi connectivity index (χ4n) is 1.93. The second kappa shape index (κ2) is 14.8. The van der Waals surface area contributed by atoms with Crippen LogP contribution >= 0.6 is 0 Å². The number of allylic oxidation sites excluding steroid dienone is 1. The Labute approximate surface area is 157 Å². The summed E-state index contributed by atoms with van der Waals surface area (Å²) in [4.78, 5) is 0. The van der Waals surface area contributed by atoms with E-state index in [0.29, 0.717) is 11.2 Å². The highest BCUT2D eigenvalue weighted by Gasteiger charge is 2.16. The van der Waals surface area contributed by atoms with E-state index in [0.717, 1.165) is 12.3 Å². The highest BCUT2D eigenvalue weighted by molar-refractivity contribution is 5.25. The topological polar surface area (TPSA) is 20.2 Å². The fourth-order valence-corrected chi connectivity index (χ4v) is 1.93. The molecule has 0 saturated heterocycles. The molecule has 1 N–H and O–H groups in total. The van der Waals surface area contributed by atoms with Gasteiger partial charge in [-0.15, -0.1) is 5.73 Å². The summed E-state index contributed by atoms with van der Waals surface area (Å²) in [5, 5.41) is 8.85. The van der Waals surface area contributed by atoms with Crippen molar-refractivity contribution in [2.75, 3.05) is 0 Å². The molecule has 0 radical (unpaired) electrons. The van der Waals surface area contributed by atoms with E-state index in [4.69, 9.17) is 5.11 Å². The number of hydrogen-bond donors (Lipinski definition) is 1. The molecule has 0 aromatic heterocycles. The van der Waals surface area contributed by atoms with Crippen molar-refractivity contribution >= 4 is 0 Å². The van der Waals surface area contributed by atoms with Gasteiger partial charge in [0.1, 0.15) is 5.75 Å². The van der Waals surface area contributed by atoms with Gasteiger partial charge in [-0.1, -0.05) is 67.5 Å². The number of aromatic hydroxyl groups is 1. The third-order valence-corrected chi connectivity index (χ3v) is 3.52. The summed E-state index contributed by atoms with van der Waals surface area (Å²) < 4.78 is 0. The second-order valence-corrected chi connectivity index (χ2v) is 7.75. The maximum atomic E-state index is 8.85. The van der Waals surface area contributed by atoms with Crippen molar-refractivity contribution in [2.24, 2.45) is 11.3 Å². The molecule has 1 aromatic carbocycles. The predicted molar refractivity (Wildman–Crippen MR) is 114 cm³/mol. The maximum absolute atomic E-state index is 8.85. The second-order valence-electron chi connectivity index (χ2n) is 7.75. The van der Waals surface area contributed by atoms with Crippen molar-refractivity contribution in [3.05, 3.63) is 47.2 Å². The van der Waals surface area contributed by atoms with Crippen molar-refractivity contribution in [1.29, 1.82) is 0 Å². The standard InChI is InChI=1S/C10H16.C8H10O.C4H10.C2H6/c1-9-5-4-7-10(2,3)8-6-9;1-2-7-3-5-8(9)6-4-7;1-4(2)3;1-2/h4H,6-8H2,1-3H3;3-6,9H,2H2,1H3;4H,1-3H3;1-2H3. The summed E-state index contributed by atoms with van der Waals surface area (Å²) in [6.45, 7) is 19.4. The van der Waals surface area contributed by atoms with Gasteiger partial charge in [-0.25, -0.2) is 0 Å². The van der Waals surface area contributed by atoms with Gasteiger partial charge in [-0.2, -0.15) is 0 Å². The summed E-state index contributed by atoms with van der Waals surface area (Å²) in [7, 11) is 0. The molecule has 1 nitrogen and oxygen atoms in total. The molecule has 0 amide bonds. The number of phenolic OH excluding ortho intramolecular Hbond substituents is 1. The van der Waals surface area contributed by atoms with Gasteiger partial charge in [0.2, 0.25) is 0 Å². The first-order chi connectivity index (χ1) is 11.7. The summed E-state index contributed by atoms with van der Waals surface area (Å²) in [5.41, 5.74) is 6.46. The Morgan fingerprint density at radius 3 is 2.00 bits per heavy atom. The first-order valence-corrected chi connectivity index (χ1v) is 9.85. The number of hydrogen-bond acceptors (Lipinski definition) is 1. The quantitative estimate of drug-likeness (QED) is 0.512. The maximum Gasteiger partial charge on any atom is 0.115 e. The van der Waals surface area contributed by atoms with Crippen molar-refractivity contribution in [2.45, 2.75) is 88.0 Å². The van der Waals surface area contributed by atoms with E-state index >= 15 is 0 Å². The Kier molecular flexibility index (Phi) is 15.3. The van der Waals surface area contributed by atoms with E-state index in [1.807, 2.05) is 26.0 Å². The molecule has 1 aliphatic carbocycles. The minimum Gasteiger partial charge on any atom is -0.508 e. The highest BCUT2D eigenvalue weighted by Crippen LogP contribution is 2.30. The van der Waals surface area contributed by atoms with Crippen LogP contribution in [0.1, 0.15) is 87.1 Å². The van der Waals surface area contributed by atoms with Crippen LogP contribution in [0.2, 0.25) is 0 Å².